The molecule has 2 aromatic rings. The number of aromatic amines is 1. The van der Waals surface area contributed by atoms with Crippen LogP contribution in [-0.4, -0.2) is 21.5 Å². The van der Waals surface area contributed by atoms with Crippen molar-refractivity contribution in [2.75, 3.05) is 6.26 Å². The first-order valence-corrected chi connectivity index (χ1v) is 6.70. The summed E-state index contributed by atoms with van der Waals surface area (Å²) in [4.78, 5) is 7.65. The van der Waals surface area contributed by atoms with Crippen LogP contribution in [0.15, 0.2) is 36.7 Å². The quantitative estimate of drug-likeness (QED) is 0.875. The molecule has 0 aliphatic heterocycles. The second-order valence-electron chi connectivity index (χ2n) is 3.85. The first kappa shape index (κ1) is 11.3. The maximum absolute atomic E-state index is 4.41. The Kier molecular flexibility index (Phi) is 3.67. The fourth-order valence-corrected chi connectivity index (χ4v) is 2.03. The van der Waals surface area contributed by atoms with Gasteiger partial charge in [0.1, 0.15) is 0 Å². The molecule has 0 aliphatic carbocycles. The third-order valence-electron chi connectivity index (χ3n) is 2.66. The fourth-order valence-electron chi connectivity index (χ4n) is 1.69. The van der Waals surface area contributed by atoms with Gasteiger partial charge in [0, 0.05) is 22.9 Å². The van der Waals surface area contributed by atoms with Crippen LogP contribution < -0.4 is 0 Å². The van der Waals surface area contributed by atoms with E-state index in [1.165, 1.54) is 11.3 Å². The zero-order valence-corrected chi connectivity index (χ0v) is 10.4. The fraction of sp³-hybridized carbons (Fsp3) is 0.308. The van der Waals surface area contributed by atoms with Crippen LogP contribution in [0, 0.1) is 0 Å². The van der Waals surface area contributed by atoms with E-state index >= 15 is 0 Å². The van der Waals surface area contributed by atoms with Gasteiger partial charge in [-0.05, 0) is 6.26 Å². The summed E-state index contributed by atoms with van der Waals surface area (Å²) in [6.07, 6.45) is 4.96. The second kappa shape index (κ2) is 5.21. The highest BCUT2D eigenvalue weighted by molar-refractivity contribution is 7.99. The van der Waals surface area contributed by atoms with E-state index in [0.717, 1.165) is 12.1 Å². The minimum atomic E-state index is 0.614. The maximum atomic E-state index is 4.41. The van der Waals surface area contributed by atoms with E-state index in [4.69, 9.17) is 0 Å². The monoisotopic (exact) mass is 232 g/mol. The molecule has 0 radical (unpaired) electrons. The van der Waals surface area contributed by atoms with Gasteiger partial charge < -0.3 is 4.98 Å². The molecule has 16 heavy (non-hydrogen) atoms. The Balaban J connectivity index is 2.26. The molecule has 0 fully saturated rings. The third kappa shape index (κ3) is 2.47. The molecule has 0 amide bonds. The lowest BCUT2D eigenvalue weighted by molar-refractivity contribution is 0.915. The molecule has 0 bridgehead atoms. The summed E-state index contributed by atoms with van der Waals surface area (Å²) in [6, 6.07) is 10.3. The molecule has 1 unspecified atom stereocenters. The smallest absolute Gasteiger partial charge is 0.0929 e. The van der Waals surface area contributed by atoms with Crippen molar-refractivity contribution >= 4 is 11.8 Å². The molecule has 1 heterocycles. The van der Waals surface area contributed by atoms with Crippen LogP contribution >= 0.6 is 11.8 Å². The Bertz CT molecular complexity index is 436. The number of rotatable bonds is 4. The topological polar surface area (TPSA) is 28.7 Å². The van der Waals surface area contributed by atoms with Gasteiger partial charge >= 0.3 is 0 Å². The summed E-state index contributed by atoms with van der Waals surface area (Å²) in [5.41, 5.74) is 3.50. The highest BCUT2D eigenvalue weighted by Crippen LogP contribution is 2.22. The summed E-state index contributed by atoms with van der Waals surface area (Å²) >= 11 is 1.88. The minimum Gasteiger partial charge on any atom is -0.348 e. The van der Waals surface area contributed by atoms with E-state index in [0.29, 0.717) is 5.25 Å². The molecule has 0 saturated carbocycles. The molecule has 1 N–H and O–H groups in total. The van der Waals surface area contributed by atoms with Crippen molar-refractivity contribution in [1.29, 1.82) is 0 Å². The van der Waals surface area contributed by atoms with E-state index in [-0.39, 0.29) is 0 Å². The van der Waals surface area contributed by atoms with Gasteiger partial charge in [-0.25, -0.2) is 4.98 Å². The molecular weight excluding hydrogens is 216 g/mol. The van der Waals surface area contributed by atoms with Crippen LogP contribution in [0.5, 0.6) is 0 Å². The predicted molar refractivity (Wildman–Crippen MR) is 70.7 cm³/mol. The molecule has 0 aliphatic rings. The minimum absolute atomic E-state index is 0.614. The van der Waals surface area contributed by atoms with Crippen LogP contribution in [-0.2, 0) is 6.42 Å². The van der Waals surface area contributed by atoms with Crippen LogP contribution in [0.3, 0.4) is 0 Å². The van der Waals surface area contributed by atoms with Crippen molar-refractivity contribution in [1.82, 2.24) is 9.97 Å². The molecule has 0 saturated heterocycles. The number of aromatic nitrogens is 2. The Hall–Kier alpha value is -1.22. The van der Waals surface area contributed by atoms with Crippen molar-refractivity contribution < 1.29 is 0 Å². The van der Waals surface area contributed by atoms with E-state index in [1.54, 1.807) is 6.33 Å². The lowest BCUT2D eigenvalue weighted by atomic mass is 10.1. The predicted octanol–water partition coefficient (Wildman–Crippen LogP) is 3.37. The Morgan fingerprint density at radius 2 is 2.06 bits per heavy atom. The average molecular weight is 232 g/mol. The summed E-state index contributed by atoms with van der Waals surface area (Å²) in [5, 5.41) is 0.614. The number of hydrogen-bond donors (Lipinski definition) is 1. The molecule has 2 nitrogen and oxygen atoms in total. The van der Waals surface area contributed by atoms with Gasteiger partial charge in [0.05, 0.1) is 12.0 Å². The molecule has 84 valence electrons. The summed E-state index contributed by atoms with van der Waals surface area (Å²) in [7, 11) is 0. The number of H-pyrrole nitrogens is 1. The molecular formula is C13H16N2S. The van der Waals surface area contributed by atoms with Gasteiger partial charge in [0.15, 0.2) is 0 Å². The van der Waals surface area contributed by atoms with Crippen molar-refractivity contribution in [3.63, 3.8) is 0 Å². The lowest BCUT2D eigenvalue weighted by Crippen LogP contribution is -2.02. The Morgan fingerprint density at radius 3 is 2.75 bits per heavy atom. The summed E-state index contributed by atoms with van der Waals surface area (Å²) in [6.45, 7) is 2.24. The SMILES string of the molecule is CSC(C)Cc1[nH]cnc1-c1ccccc1. The molecule has 3 heteroatoms. The Labute approximate surface area is 101 Å². The van der Waals surface area contributed by atoms with Crippen molar-refractivity contribution in [2.24, 2.45) is 0 Å². The van der Waals surface area contributed by atoms with Gasteiger partial charge in [0.2, 0.25) is 0 Å². The van der Waals surface area contributed by atoms with Crippen molar-refractivity contribution in [3.8, 4) is 11.3 Å². The normalized spacial score (nSPS) is 12.6. The zero-order valence-electron chi connectivity index (χ0n) is 9.60. The maximum Gasteiger partial charge on any atom is 0.0929 e. The number of hydrogen-bond acceptors (Lipinski definition) is 2. The van der Waals surface area contributed by atoms with Gasteiger partial charge in [-0.2, -0.15) is 11.8 Å². The number of imidazole rings is 1. The van der Waals surface area contributed by atoms with Crippen molar-refractivity contribution in [2.45, 2.75) is 18.6 Å². The van der Waals surface area contributed by atoms with Crippen LogP contribution in [0.2, 0.25) is 0 Å². The van der Waals surface area contributed by atoms with Gasteiger partial charge in [-0.3, -0.25) is 0 Å². The summed E-state index contributed by atoms with van der Waals surface area (Å²) in [5.74, 6) is 0. The largest absolute Gasteiger partial charge is 0.348 e. The van der Waals surface area contributed by atoms with E-state index < -0.39 is 0 Å². The number of benzene rings is 1. The van der Waals surface area contributed by atoms with Gasteiger partial charge in [0.25, 0.3) is 0 Å². The zero-order chi connectivity index (χ0) is 11.4. The highest BCUT2D eigenvalue weighted by atomic mass is 32.2. The van der Waals surface area contributed by atoms with Crippen molar-refractivity contribution in [3.05, 3.63) is 42.4 Å². The number of nitrogens with zero attached hydrogens (tertiary/aromatic N) is 1. The number of nitrogens with one attached hydrogen (secondary N) is 1. The van der Waals surface area contributed by atoms with Crippen LogP contribution in [0.25, 0.3) is 11.3 Å². The lowest BCUT2D eigenvalue weighted by Gasteiger charge is -2.08. The highest BCUT2D eigenvalue weighted by Gasteiger charge is 2.10. The Morgan fingerprint density at radius 1 is 1.31 bits per heavy atom. The molecule has 1 aromatic heterocycles. The van der Waals surface area contributed by atoms with Crippen LogP contribution in [0.4, 0.5) is 0 Å². The first-order chi connectivity index (χ1) is 7.81. The van der Waals surface area contributed by atoms with Gasteiger partial charge in [-0.1, -0.05) is 37.3 Å². The molecule has 1 aromatic carbocycles. The average Bonchev–Trinajstić information content (AvgIpc) is 2.78. The third-order valence-corrected chi connectivity index (χ3v) is 3.63. The molecule has 1 atom stereocenters. The molecule has 2 rings (SSSR count). The molecule has 0 spiro atoms. The van der Waals surface area contributed by atoms with E-state index in [1.807, 2.05) is 30.0 Å². The summed E-state index contributed by atoms with van der Waals surface area (Å²) < 4.78 is 0. The van der Waals surface area contributed by atoms with E-state index in [9.17, 15) is 0 Å². The standard InChI is InChI=1S/C13H16N2S/c1-10(16-2)8-12-13(15-9-14-12)11-6-4-3-5-7-11/h3-7,9-10H,8H2,1-2H3,(H,14,15). The second-order valence-corrected chi connectivity index (χ2v) is 5.12. The number of thioether (sulfide) groups is 1. The first-order valence-electron chi connectivity index (χ1n) is 5.41. The van der Waals surface area contributed by atoms with Crippen LogP contribution in [0.1, 0.15) is 12.6 Å². The van der Waals surface area contributed by atoms with Gasteiger partial charge in [-0.15, -0.1) is 0 Å². The van der Waals surface area contributed by atoms with E-state index in [2.05, 4.69) is 35.3 Å².